The molecule has 2 heterocycles. The zero-order valence-corrected chi connectivity index (χ0v) is 16.4. The third-order valence-electron chi connectivity index (χ3n) is 4.59. The number of carbonyl (C=O) groups is 1. The van der Waals surface area contributed by atoms with Crippen molar-refractivity contribution in [3.63, 3.8) is 0 Å². The molecule has 1 aliphatic rings. The molecule has 1 aromatic heterocycles. The Morgan fingerprint density at radius 1 is 1.18 bits per heavy atom. The average molecular weight is 392 g/mol. The molecule has 0 spiro atoms. The lowest BCUT2D eigenvalue weighted by Crippen LogP contribution is -2.30. The molecule has 1 aliphatic heterocycles. The van der Waals surface area contributed by atoms with E-state index in [1.54, 1.807) is 23.4 Å². The van der Waals surface area contributed by atoms with Crippen LogP contribution in [-0.4, -0.2) is 33.6 Å². The van der Waals surface area contributed by atoms with Gasteiger partial charge in [-0.3, -0.25) is 0 Å². The molecule has 28 heavy (non-hydrogen) atoms. The van der Waals surface area contributed by atoms with E-state index in [-0.39, 0.29) is 5.97 Å². The first-order chi connectivity index (χ1) is 13.7. The standard InChI is InChI=1S/C21H20N4O2S/c1-3-27-20(26)17-18(14-7-5-4-6-8-14)24-21-22-13-23-25(21)19(17)15-9-11-16(28-2)12-10-15/h4-13,19H,3H2,1-2H3,(H,22,23,24). The van der Waals surface area contributed by atoms with Crippen LogP contribution in [0.15, 0.2) is 71.4 Å². The largest absolute Gasteiger partial charge is 0.463 e. The van der Waals surface area contributed by atoms with Gasteiger partial charge in [0.2, 0.25) is 5.95 Å². The molecule has 0 saturated heterocycles. The Balaban J connectivity index is 1.93. The number of benzene rings is 2. The Morgan fingerprint density at radius 2 is 1.93 bits per heavy atom. The first-order valence-electron chi connectivity index (χ1n) is 9.00. The van der Waals surface area contributed by atoms with Crippen LogP contribution in [0.25, 0.3) is 5.70 Å². The molecule has 4 rings (SSSR count). The highest BCUT2D eigenvalue weighted by Crippen LogP contribution is 2.39. The summed E-state index contributed by atoms with van der Waals surface area (Å²) in [5.41, 5.74) is 3.05. The van der Waals surface area contributed by atoms with E-state index in [4.69, 9.17) is 4.74 Å². The number of esters is 1. The number of anilines is 1. The van der Waals surface area contributed by atoms with E-state index < -0.39 is 6.04 Å². The second-order valence-electron chi connectivity index (χ2n) is 6.20. The molecule has 7 heteroatoms. The molecular formula is C21H20N4O2S. The molecule has 0 saturated carbocycles. The van der Waals surface area contributed by atoms with Gasteiger partial charge >= 0.3 is 5.97 Å². The summed E-state index contributed by atoms with van der Waals surface area (Å²) in [6.07, 6.45) is 3.52. The molecule has 142 valence electrons. The van der Waals surface area contributed by atoms with Crippen LogP contribution in [0.1, 0.15) is 24.1 Å². The van der Waals surface area contributed by atoms with Crippen LogP contribution < -0.4 is 5.32 Å². The maximum atomic E-state index is 13.0. The molecule has 0 amide bonds. The van der Waals surface area contributed by atoms with Gasteiger partial charge in [0, 0.05) is 4.90 Å². The summed E-state index contributed by atoms with van der Waals surface area (Å²) in [5.74, 6) is 0.222. The number of ether oxygens (including phenoxy) is 1. The quantitative estimate of drug-likeness (QED) is 0.523. The molecular weight excluding hydrogens is 372 g/mol. The van der Waals surface area contributed by atoms with E-state index in [1.165, 1.54) is 6.33 Å². The second kappa shape index (κ2) is 7.90. The van der Waals surface area contributed by atoms with Gasteiger partial charge in [-0.05, 0) is 36.4 Å². The monoisotopic (exact) mass is 392 g/mol. The molecule has 2 aromatic carbocycles. The normalized spacial score (nSPS) is 15.7. The fourth-order valence-corrected chi connectivity index (χ4v) is 3.72. The van der Waals surface area contributed by atoms with Crippen LogP contribution >= 0.6 is 11.8 Å². The first kappa shape index (κ1) is 18.3. The molecule has 1 unspecified atom stereocenters. The van der Waals surface area contributed by atoms with Crippen LogP contribution in [0.4, 0.5) is 5.95 Å². The molecule has 3 aromatic rings. The lowest BCUT2D eigenvalue weighted by Gasteiger charge is -2.29. The second-order valence-corrected chi connectivity index (χ2v) is 7.08. The Labute approximate surface area is 167 Å². The topological polar surface area (TPSA) is 69.0 Å². The Kier molecular flexibility index (Phi) is 5.16. The zero-order valence-electron chi connectivity index (χ0n) is 15.6. The molecule has 0 bridgehead atoms. The number of hydrogen-bond acceptors (Lipinski definition) is 6. The van der Waals surface area contributed by atoms with Crippen molar-refractivity contribution in [3.05, 3.63) is 77.6 Å². The third-order valence-corrected chi connectivity index (χ3v) is 5.33. The van der Waals surface area contributed by atoms with Gasteiger partial charge in [0.05, 0.1) is 17.9 Å². The fraction of sp³-hybridized carbons (Fsp3) is 0.190. The minimum Gasteiger partial charge on any atom is -0.463 e. The highest BCUT2D eigenvalue weighted by Gasteiger charge is 2.36. The highest BCUT2D eigenvalue weighted by molar-refractivity contribution is 7.98. The average Bonchev–Trinajstić information content (AvgIpc) is 3.21. The van der Waals surface area contributed by atoms with Gasteiger partial charge < -0.3 is 10.1 Å². The summed E-state index contributed by atoms with van der Waals surface area (Å²) in [4.78, 5) is 18.5. The molecule has 0 fully saturated rings. The van der Waals surface area contributed by atoms with Crippen molar-refractivity contribution in [1.29, 1.82) is 0 Å². The summed E-state index contributed by atoms with van der Waals surface area (Å²) in [6.45, 7) is 2.10. The van der Waals surface area contributed by atoms with E-state index in [2.05, 4.69) is 15.4 Å². The third kappa shape index (κ3) is 3.29. The highest BCUT2D eigenvalue weighted by atomic mass is 32.2. The maximum absolute atomic E-state index is 13.0. The summed E-state index contributed by atoms with van der Waals surface area (Å²) in [6, 6.07) is 17.4. The van der Waals surface area contributed by atoms with Gasteiger partial charge in [-0.25, -0.2) is 9.48 Å². The summed E-state index contributed by atoms with van der Waals surface area (Å²) in [7, 11) is 0. The Hall–Kier alpha value is -3.06. The zero-order chi connectivity index (χ0) is 19.5. The number of thioether (sulfide) groups is 1. The number of fused-ring (bicyclic) bond motifs is 1. The van der Waals surface area contributed by atoms with Gasteiger partial charge in [-0.2, -0.15) is 10.1 Å². The van der Waals surface area contributed by atoms with Crippen molar-refractivity contribution in [2.24, 2.45) is 0 Å². The van der Waals surface area contributed by atoms with E-state index in [0.717, 1.165) is 16.0 Å². The summed E-state index contributed by atoms with van der Waals surface area (Å²) < 4.78 is 7.15. The first-order valence-corrected chi connectivity index (χ1v) is 10.2. The molecule has 0 aliphatic carbocycles. The molecule has 0 radical (unpaired) electrons. The predicted molar refractivity (Wildman–Crippen MR) is 110 cm³/mol. The van der Waals surface area contributed by atoms with E-state index in [1.807, 2.05) is 60.9 Å². The molecule has 1 N–H and O–H groups in total. The van der Waals surface area contributed by atoms with Crippen molar-refractivity contribution in [2.75, 3.05) is 18.2 Å². The summed E-state index contributed by atoms with van der Waals surface area (Å²) >= 11 is 1.67. The van der Waals surface area contributed by atoms with Crippen LogP contribution in [0.2, 0.25) is 0 Å². The minimum atomic E-state index is -0.427. The fourth-order valence-electron chi connectivity index (χ4n) is 3.32. The van der Waals surface area contributed by atoms with E-state index in [9.17, 15) is 4.79 Å². The number of nitrogens with zero attached hydrogens (tertiary/aromatic N) is 3. The van der Waals surface area contributed by atoms with Gasteiger partial charge in [0.15, 0.2) is 0 Å². The van der Waals surface area contributed by atoms with Gasteiger partial charge in [-0.15, -0.1) is 11.8 Å². The van der Waals surface area contributed by atoms with Gasteiger partial charge in [0.25, 0.3) is 0 Å². The Bertz CT molecular complexity index is 1010. The van der Waals surface area contributed by atoms with Crippen LogP contribution in [0.3, 0.4) is 0 Å². The number of rotatable bonds is 5. The number of carbonyl (C=O) groups excluding carboxylic acids is 1. The van der Waals surface area contributed by atoms with Gasteiger partial charge in [0.1, 0.15) is 12.4 Å². The van der Waals surface area contributed by atoms with E-state index >= 15 is 0 Å². The Morgan fingerprint density at radius 3 is 2.61 bits per heavy atom. The minimum absolute atomic E-state index is 0.298. The van der Waals surface area contributed by atoms with Crippen molar-refractivity contribution < 1.29 is 9.53 Å². The van der Waals surface area contributed by atoms with Crippen LogP contribution in [0, 0.1) is 0 Å². The number of aromatic nitrogens is 3. The smallest absolute Gasteiger partial charge is 0.338 e. The SMILES string of the molecule is CCOC(=O)C1=C(c2ccccc2)Nc2ncnn2C1c1ccc(SC)cc1. The lowest BCUT2D eigenvalue weighted by atomic mass is 9.93. The predicted octanol–water partition coefficient (Wildman–Crippen LogP) is 3.99. The maximum Gasteiger partial charge on any atom is 0.338 e. The van der Waals surface area contributed by atoms with Crippen molar-refractivity contribution in [2.45, 2.75) is 17.9 Å². The van der Waals surface area contributed by atoms with Crippen molar-refractivity contribution >= 4 is 29.4 Å². The number of nitrogens with one attached hydrogen (secondary N) is 1. The van der Waals surface area contributed by atoms with Gasteiger partial charge in [-0.1, -0.05) is 42.5 Å². The number of hydrogen-bond donors (Lipinski definition) is 1. The van der Waals surface area contributed by atoms with Crippen molar-refractivity contribution in [3.8, 4) is 0 Å². The molecule has 1 atom stereocenters. The summed E-state index contributed by atoms with van der Waals surface area (Å²) in [5, 5.41) is 7.64. The van der Waals surface area contributed by atoms with Crippen molar-refractivity contribution in [1.82, 2.24) is 14.8 Å². The molecule has 6 nitrogen and oxygen atoms in total. The lowest BCUT2D eigenvalue weighted by molar-refractivity contribution is -0.138. The van der Waals surface area contributed by atoms with Crippen LogP contribution in [-0.2, 0) is 9.53 Å². The van der Waals surface area contributed by atoms with Crippen LogP contribution in [0.5, 0.6) is 0 Å². The van der Waals surface area contributed by atoms with E-state index in [0.29, 0.717) is 23.8 Å².